The van der Waals surface area contributed by atoms with Crippen molar-refractivity contribution in [3.05, 3.63) is 45.3 Å². The lowest BCUT2D eigenvalue weighted by molar-refractivity contribution is 0.101. The highest BCUT2D eigenvalue weighted by atomic mass is 35.5. The number of hydrogen-bond acceptors (Lipinski definition) is 3. The molecule has 1 aliphatic carbocycles. The van der Waals surface area contributed by atoms with Gasteiger partial charge in [0.15, 0.2) is 0 Å². The minimum Gasteiger partial charge on any atom is -0.321 e. The third kappa shape index (κ3) is 3.56. The van der Waals surface area contributed by atoms with Crippen LogP contribution in [0.4, 0.5) is 5.69 Å². The third-order valence-corrected chi connectivity index (χ3v) is 5.23. The number of nitrogens with zero attached hydrogens (tertiary/aromatic N) is 1. The van der Waals surface area contributed by atoms with E-state index in [0.717, 1.165) is 16.6 Å². The molecule has 1 saturated carbocycles. The Labute approximate surface area is 137 Å². The summed E-state index contributed by atoms with van der Waals surface area (Å²) in [5, 5.41) is 5.99. The number of hydrogen-bond donors (Lipinski definition) is 2. The largest absolute Gasteiger partial charge is 0.321 e. The van der Waals surface area contributed by atoms with Crippen molar-refractivity contribution in [1.82, 2.24) is 9.78 Å². The molecule has 1 aromatic heterocycles. The number of thioether (sulfide) groups is 1. The van der Waals surface area contributed by atoms with Crippen LogP contribution in [0.5, 0.6) is 0 Å². The highest BCUT2D eigenvalue weighted by Gasteiger charge is 2.21. The number of aromatic amines is 1. The van der Waals surface area contributed by atoms with Crippen LogP contribution in [0, 0.1) is 5.92 Å². The Hall–Kier alpha value is -1.66. The van der Waals surface area contributed by atoms with Gasteiger partial charge in [0.25, 0.3) is 11.5 Å². The zero-order valence-electron chi connectivity index (χ0n) is 12.1. The van der Waals surface area contributed by atoms with Gasteiger partial charge in [-0.05, 0) is 37.0 Å². The molecule has 0 radical (unpaired) electrons. The van der Waals surface area contributed by atoms with Gasteiger partial charge in [0, 0.05) is 29.4 Å². The number of aryl methyl sites for hydroxylation is 1. The van der Waals surface area contributed by atoms with Gasteiger partial charge in [0.05, 0.1) is 5.02 Å². The van der Waals surface area contributed by atoms with Gasteiger partial charge < -0.3 is 5.32 Å². The molecule has 116 valence electrons. The molecule has 22 heavy (non-hydrogen) atoms. The Kier molecular flexibility index (Phi) is 4.31. The number of benzene rings is 1. The molecule has 3 rings (SSSR count). The van der Waals surface area contributed by atoms with Crippen molar-refractivity contribution in [2.45, 2.75) is 17.7 Å². The number of H-pyrrole nitrogens is 1. The van der Waals surface area contributed by atoms with Gasteiger partial charge in [-0.25, -0.2) is 0 Å². The van der Waals surface area contributed by atoms with E-state index in [9.17, 15) is 9.59 Å². The second kappa shape index (κ2) is 6.22. The van der Waals surface area contributed by atoms with Crippen LogP contribution < -0.4 is 10.9 Å². The van der Waals surface area contributed by atoms with Crippen molar-refractivity contribution in [2.24, 2.45) is 13.0 Å². The maximum atomic E-state index is 12.2. The topological polar surface area (TPSA) is 66.9 Å². The zero-order valence-corrected chi connectivity index (χ0v) is 13.6. The fraction of sp³-hybridized carbons (Fsp3) is 0.333. The summed E-state index contributed by atoms with van der Waals surface area (Å²) in [7, 11) is 1.62. The molecule has 0 aliphatic heterocycles. The Morgan fingerprint density at radius 1 is 1.45 bits per heavy atom. The lowest BCUT2D eigenvalue weighted by Crippen LogP contribution is -2.16. The Morgan fingerprint density at radius 3 is 2.86 bits per heavy atom. The zero-order chi connectivity index (χ0) is 15.7. The minimum absolute atomic E-state index is 0.284. The van der Waals surface area contributed by atoms with E-state index < -0.39 is 0 Å². The number of carbonyl (C=O) groups excluding carboxylic acids is 1. The summed E-state index contributed by atoms with van der Waals surface area (Å²) in [5.41, 5.74) is 0.651. The predicted octanol–water partition coefficient (Wildman–Crippen LogP) is 3.12. The Morgan fingerprint density at radius 2 is 2.23 bits per heavy atom. The molecule has 5 nitrogen and oxygen atoms in total. The maximum Gasteiger partial charge on any atom is 0.273 e. The fourth-order valence-corrected chi connectivity index (χ4v) is 3.52. The quantitative estimate of drug-likeness (QED) is 0.824. The molecule has 2 N–H and O–H groups in total. The van der Waals surface area contributed by atoms with Gasteiger partial charge in [-0.2, -0.15) is 0 Å². The predicted molar refractivity (Wildman–Crippen MR) is 88.9 cm³/mol. The Bertz CT molecular complexity index is 764. The van der Waals surface area contributed by atoms with Gasteiger partial charge in [-0.15, -0.1) is 11.8 Å². The van der Waals surface area contributed by atoms with E-state index in [1.165, 1.54) is 23.6 Å². The first-order valence-corrected chi connectivity index (χ1v) is 8.39. The number of nitrogens with one attached hydrogen (secondary N) is 2. The maximum absolute atomic E-state index is 12.2. The van der Waals surface area contributed by atoms with E-state index in [-0.39, 0.29) is 17.2 Å². The summed E-state index contributed by atoms with van der Waals surface area (Å²) in [4.78, 5) is 24.4. The van der Waals surface area contributed by atoms with E-state index in [1.807, 2.05) is 6.07 Å². The first-order chi connectivity index (χ1) is 10.5. The van der Waals surface area contributed by atoms with Crippen LogP contribution in [-0.2, 0) is 7.05 Å². The number of carbonyl (C=O) groups is 1. The van der Waals surface area contributed by atoms with Gasteiger partial charge in [-0.3, -0.25) is 19.4 Å². The molecule has 0 bridgehead atoms. The summed E-state index contributed by atoms with van der Waals surface area (Å²) in [6.45, 7) is 0. The molecule has 1 fully saturated rings. The van der Waals surface area contributed by atoms with E-state index >= 15 is 0 Å². The van der Waals surface area contributed by atoms with Crippen LogP contribution in [0.25, 0.3) is 0 Å². The number of anilines is 1. The second-order valence-corrected chi connectivity index (χ2v) is 6.89. The van der Waals surface area contributed by atoms with E-state index in [1.54, 1.807) is 30.9 Å². The van der Waals surface area contributed by atoms with Crippen LogP contribution in [0.3, 0.4) is 0 Å². The molecule has 0 unspecified atom stereocenters. The van der Waals surface area contributed by atoms with Gasteiger partial charge in [0.2, 0.25) is 0 Å². The normalized spacial score (nSPS) is 14.1. The summed E-state index contributed by atoms with van der Waals surface area (Å²) in [6, 6.07) is 6.68. The molecule has 0 atom stereocenters. The molecule has 0 spiro atoms. The standard InChI is InChI=1S/C15H16ClN3O2S/c1-19-12(7-14(20)18-19)15(21)17-10-4-5-11(16)13(6-10)22-8-9-2-3-9/h4-7,9H,2-3,8H2,1H3,(H,17,21)(H,18,20). The summed E-state index contributed by atoms with van der Waals surface area (Å²) < 4.78 is 1.40. The highest BCUT2D eigenvalue weighted by molar-refractivity contribution is 7.99. The average Bonchev–Trinajstić information content (AvgIpc) is 3.23. The molecule has 1 aliphatic rings. The van der Waals surface area contributed by atoms with Crippen molar-refractivity contribution in [1.29, 1.82) is 0 Å². The summed E-state index contributed by atoms with van der Waals surface area (Å²) >= 11 is 7.92. The van der Waals surface area contributed by atoms with Gasteiger partial charge >= 0.3 is 0 Å². The summed E-state index contributed by atoms with van der Waals surface area (Å²) in [5.74, 6) is 1.53. The van der Waals surface area contributed by atoms with Crippen molar-refractivity contribution >= 4 is 35.0 Å². The van der Waals surface area contributed by atoms with E-state index in [2.05, 4.69) is 10.4 Å². The van der Waals surface area contributed by atoms with Crippen LogP contribution >= 0.6 is 23.4 Å². The smallest absolute Gasteiger partial charge is 0.273 e. The monoisotopic (exact) mass is 337 g/mol. The Balaban J connectivity index is 1.73. The van der Waals surface area contributed by atoms with E-state index in [0.29, 0.717) is 10.7 Å². The molecule has 1 amide bonds. The molecule has 2 aromatic rings. The highest BCUT2D eigenvalue weighted by Crippen LogP contribution is 2.38. The van der Waals surface area contributed by atoms with Crippen LogP contribution in [0.1, 0.15) is 23.3 Å². The lowest BCUT2D eigenvalue weighted by Gasteiger charge is -2.09. The molecule has 1 heterocycles. The molecular formula is C15H16ClN3O2S. The van der Waals surface area contributed by atoms with Crippen molar-refractivity contribution in [3.8, 4) is 0 Å². The lowest BCUT2D eigenvalue weighted by atomic mass is 10.3. The van der Waals surface area contributed by atoms with Crippen LogP contribution in [-0.4, -0.2) is 21.4 Å². The third-order valence-electron chi connectivity index (χ3n) is 3.50. The number of aromatic nitrogens is 2. The van der Waals surface area contributed by atoms with Gasteiger partial charge in [0.1, 0.15) is 5.69 Å². The average molecular weight is 338 g/mol. The van der Waals surface area contributed by atoms with Crippen molar-refractivity contribution in [2.75, 3.05) is 11.1 Å². The van der Waals surface area contributed by atoms with Crippen LogP contribution in [0.15, 0.2) is 34.0 Å². The first-order valence-electron chi connectivity index (χ1n) is 7.02. The summed E-state index contributed by atoms with van der Waals surface area (Å²) in [6.07, 6.45) is 2.59. The number of halogens is 1. The SMILES string of the molecule is Cn1[nH]c(=O)cc1C(=O)Nc1ccc(Cl)c(SCC2CC2)c1. The minimum atomic E-state index is -0.332. The number of amides is 1. The van der Waals surface area contributed by atoms with Gasteiger partial charge in [-0.1, -0.05) is 11.6 Å². The fourth-order valence-electron chi connectivity index (χ4n) is 2.08. The molecule has 0 saturated heterocycles. The van der Waals surface area contributed by atoms with E-state index in [4.69, 9.17) is 11.6 Å². The number of rotatable bonds is 5. The molecule has 1 aromatic carbocycles. The second-order valence-electron chi connectivity index (χ2n) is 5.42. The van der Waals surface area contributed by atoms with Crippen molar-refractivity contribution < 1.29 is 4.79 Å². The molecular weight excluding hydrogens is 322 g/mol. The van der Waals surface area contributed by atoms with Crippen LogP contribution in [0.2, 0.25) is 5.02 Å². The van der Waals surface area contributed by atoms with Crippen molar-refractivity contribution in [3.63, 3.8) is 0 Å². The first kappa shape index (κ1) is 15.2. The molecule has 7 heteroatoms.